The highest BCUT2D eigenvalue weighted by Crippen LogP contribution is 2.46. The molecule has 2 fully saturated rings. The van der Waals surface area contributed by atoms with Crippen LogP contribution in [0.5, 0.6) is 17.2 Å². The van der Waals surface area contributed by atoms with Crippen LogP contribution in [0.2, 0.25) is 0 Å². The maximum atomic E-state index is 15.0. The van der Waals surface area contributed by atoms with Crippen molar-refractivity contribution in [2.45, 2.75) is 88.9 Å². The maximum Gasteiger partial charge on any atom is 0.308 e. The standard InChI is InChI=1S/C46H48N2O13/c1-22(52)59-33-18-27(20-50)35-36(29(33)13-12-23-6-4-7-24(16-23)14-15-49)39(54)31-19-34(60-46-43(58)41(56)42(57)44(61-46)25-8-2-3-9-25)30(38(53)37(31)40(35)55)17-26-10-5-11-28(45(47)48)32(26)21-51/h4-7,10-13,16,18-19,21,25,41-46,49-50,53,56-58H,2-3,8-9,14-15,17,20,47-48H2,1H3/t41-,42+,43-,44+,46-/m1/s1. The number of carbonyl (C=O) groups is 4. The monoisotopic (exact) mass is 836 g/mol. The molecule has 10 N–H and O–H groups in total. The van der Waals surface area contributed by atoms with Crippen molar-refractivity contribution < 1.29 is 64.0 Å². The average Bonchev–Trinajstić information content (AvgIpc) is 3.78. The molecule has 61 heavy (non-hydrogen) atoms. The zero-order chi connectivity index (χ0) is 43.7. The molecular formula is C46H48N2O13. The quantitative estimate of drug-likeness (QED) is 0.0279. The Morgan fingerprint density at radius 3 is 2.28 bits per heavy atom. The van der Waals surface area contributed by atoms with Gasteiger partial charge in [0, 0.05) is 53.3 Å². The molecule has 4 aromatic carbocycles. The smallest absolute Gasteiger partial charge is 0.308 e. The van der Waals surface area contributed by atoms with Gasteiger partial charge in [0.15, 0.2) is 17.9 Å². The number of carbonyl (C=O) groups excluding carboxylic acids is 4. The number of fused-ring (bicyclic) bond motifs is 2. The second kappa shape index (κ2) is 18.2. The maximum absolute atomic E-state index is 15.0. The van der Waals surface area contributed by atoms with E-state index in [0.717, 1.165) is 25.3 Å². The summed E-state index contributed by atoms with van der Waals surface area (Å²) in [5, 5.41) is 65.5. The van der Waals surface area contributed by atoms with Gasteiger partial charge in [-0.25, -0.2) is 0 Å². The third kappa shape index (κ3) is 8.39. The summed E-state index contributed by atoms with van der Waals surface area (Å²) in [5.74, 6) is -3.74. The van der Waals surface area contributed by atoms with E-state index < -0.39 is 72.3 Å². The summed E-state index contributed by atoms with van der Waals surface area (Å²) >= 11 is 0. The van der Waals surface area contributed by atoms with Crippen LogP contribution in [0.4, 0.5) is 0 Å². The third-order valence-corrected chi connectivity index (χ3v) is 11.7. The summed E-state index contributed by atoms with van der Waals surface area (Å²) in [4.78, 5) is 54.6. The number of hydrogen-bond donors (Lipinski definition) is 8. The lowest BCUT2D eigenvalue weighted by Crippen LogP contribution is -2.60. The lowest BCUT2D eigenvalue weighted by molar-refractivity contribution is -0.282. The molecule has 1 saturated carbocycles. The van der Waals surface area contributed by atoms with Gasteiger partial charge in [-0.3, -0.25) is 19.2 Å². The Labute approximate surface area is 350 Å². The Morgan fingerprint density at radius 1 is 0.869 bits per heavy atom. The van der Waals surface area contributed by atoms with Crippen molar-refractivity contribution in [1.29, 1.82) is 0 Å². The fourth-order valence-electron chi connectivity index (χ4n) is 8.73. The van der Waals surface area contributed by atoms with Crippen LogP contribution in [0.25, 0.3) is 12.2 Å². The van der Waals surface area contributed by atoms with Crippen LogP contribution in [-0.4, -0.2) is 91.8 Å². The molecule has 0 aromatic heterocycles. The van der Waals surface area contributed by atoms with Crippen molar-refractivity contribution in [3.8, 4) is 17.2 Å². The molecule has 7 rings (SSSR count). The molecule has 2 aliphatic carbocycles. The van der Waals surface area contributed by atoms with Gasteiger partial charge in [0.05, 0.1) is 24.4 Å². The molecule has 0 amide bonds. The number of ether oxygens (including phenoxy) is 3. The van der Waals surface area contributed by atoms with Crippen LogP contribution in [-0.2, 0) is 29.0 Å². The molecule has 0 unspecified atom stereocenters. The van der Waals surface area contributed by atoms with E-state index in [1.165, 1.54) is 18.2 Å². The van der Waals surface area contributed by atoms with Gasteiger partial charge in [-0.2, -0.15) is 0 Å². The number of aldehydes is 1. The van der Waals surface area contributed by atoms with Crippen molar-refractivity contribution in [3.63, 3.8) is 0 Å². The SMILES string of the molecule is CC(=O)Oc1cc(CO)c2c(c1C=Cc1cccc(CCO)c1)C(=O)c1cc(O[C@@H]3O[C@@H](C4CCCC4)[C@@H](O)[C@@H](O)[C@H]3O)c(Cc3cccc(C(N)N)c3C=O)c(O)c1C2=O. The van der Waals surface area contributed by atoms with Gasteiger partial charge in [-0.05, 0) is 71.2 Å². The highest BCUT2D eigenvalue weighted by Gasteiger charge is 2.49. The topological polar surface area (TPSA) is 269 Å². The highest BCUT2D eigenvalue weighted by atomic mass is 16.7. The van der Waals surface area contributed by atoms with Crippen molar-refractivity contribution in [3.05, 3.63) is 121 Å². The molecule has 1 aliphatic heterocycles. The molecule has 0 spiro atoms. The third-order valence-electron chi connectivity index (χ3n) is 11.7. The van der Waals surface area contributed by atoms with Gasteiger partial charge in [0.2, 0.25) is 6.29 Å². The molecule has 0 radical (unpaired) electrons. The summed E-state index contributed by atoms with van der Waals surface area (Å²) in [6, 6.07) is 14.4. The predicted molar refractivity (Wildman–Crippen MR) is 220 cm³/mol. The van der Waals surface area contributed by atoms with Gasteiger partial charge >= 0.3 is 5.97 Å². The number of esters is 1. The van der Waals surface area contributed by atoms with Crippen molar-refractivity contribution >= 4 is 36.0 Å². The van der Waals surface area contributed by atoms with E-state index in [9.17, 15) is 49.8 Å². The van der Waals surface area contributed by atoms with Crippen LogP contribution in [0.1, 0.15) is 120 Å². The Bertz CT molecular complexity index is 2400. The first-order chi connectivity index (χ1) is 29.3. The number of phenols is 1. The summed E-state index contributed by atoms with van der Waals surface area (Å²) in [6.07, 6.45) is -1.73. The summed E-state index contributed by atoms with van der Waals surface area (Å²) in [5.41, 5.74) is 12.6. The van der Waals surface area contributed by atoms with Crippen LogP contribution in [0.15, 0.2) is 54.6 Å². The van der Waals surface area contributed by atoms with Crippen molar-refractivity contribution in [2.75, 3.05) is 6.61 Å². The van der Waals surface area contributed by atoms with Gasteiger partial charge in [-0.15, -0.1) is 0 Å². The summed E-state index contributed by atoms with van der Waals surface area (Å²) < 4.78 is 18.0. The number of hydrogen-bond acceptors (Lipinski definition) is 15. The molecule has 5 atom stereocenters. The van der Waals surface area contributed by atoms with E-state index >= 15 is 0 Å². The number of rotatable bonds is 13. The second-order valence-electron chi connectivity index (χ2n) is 15.6. The Morgan fingerprint density at radius 2 is 1.61 bits per heavy atom. The fraction of sp³-hybridized carbons (Fsp3) is 0.348. The van der Waals surface area contributed by atoms with E-state index in [1.807, 2.05) is 6.07 Å². The van der Waals surface area contributed by atoms with Gasteiger partial charge in [0.25, 0.3) is 0 Å². The van der Waals surface area contributed by atoms with Gasteiger partial charge in [0.1, 0.15) is 35.6 Å². The zero-order valence-electron chi connectivity index (χ0n) is 33.3. The van der Waals surface area contributed by atoms with E-state index in [4.69, 9.17) is 25.7 Å². The molecule has 320 valence electrons. The molecule has 3 aliphatic rings. The molecule has 15 nitrogen and oxygen atoms in total. The Kier molecular flexibility index (Phi) is 12.9. The van der Waals surface area contributed by atoms with E-state index in [-0.39, 0.29) is 75.0 Å². The highest BCUT2D eigenvalue weighted by molar-refractivity contribution is 6.31. The average molecular weight is 837 g/mol. The van der Waals surface area contributed by atoms with E-state index in [0.29, 0.717) is 36.7 Å². The largest absolute Gasteiger partial charge is 0.507 e. The van der Waals surface area contributed by atoms with Crippen LogP contribution < -0.4 is 20.9 Å². The van der Waals surface area contributed by atoms with Crippen LogP contribution in [0, 0.1) is 5.92 Å². The Hall–Kier alpha value is -5.62. The molecular weight excluding hydrogens is 789 g/mol. The lowest BCUT2D eigenvalue weighted by Gasteiger charge is -2.42. The van der Waals surface area contributed by atoms with E-state index in [2.05, 4.69) is 0 Å². The normalized spacial score (nSPS) is 21.5. The minimum atomic E-state index is -1.81. The zero-order valence-corrected chi connectivity index (χ0v) is 33.3. The molecule has 4 aromatic rings. The number of aromatic hydroxyl groups is 1. The number of ketones is 2. The van der Waals surface area contributed by atoms with Crippen LogP contribution in [0.3, 0.4) is 0 Å². The fourth-order valence-corrected chi connectivity index (χ4v) is 8.73. The molecule has 0 bridgehead atoms. The molecule has 1 heterocycles. The van der Waals surface area contributed by atoms with Gasteiger partial charge < -0.3 is 56.3 Å². The van der Waals surface area contributed by atoms with Crippen LogP contribution >= 0.6 is 0 Å². The first-order valence-corrected chi connectivity index (χ1v) is 20.1. The minimum absolute atomic E-state index is 0.0121. The summed E-state index contributed by atoms with van der Waals surface area (Å²) in [6.45, 7) is 0.296. The lowest BCUT2D eigenvalue weighted by atomic mass is 9.77. The summed E-state index contributed by atoms with van der Waals surface area (Å²) in [7, 11) is 0. The molecule has 1 saturated heterocycles. The number of aliphatic hydroxyl groups excluding tert-OH is 5. The van der Waals surface area contributed by atoms with Gasteiger partial charge in [-0.1, -0.05) is 61.4 Å². The van der Waals surface area contributed by atoms with Crippen molar-refractivity contribution in [1.82, 2.24) is 0 Å². The Balaban J connectivity index is 1.42. The first-order valence-electron chi connectivity index (χ1n) is 20.1. The van der Waals surface area contributed by atoms with Crippen molar-refractivity contribution in [2.24, 2.45) is 17.4 Å². The first kappa shape index (κ1) is 43.5. The second-order valence-corrected chi connectivity index (χ2v) is 15.6. The molecule has 15 heteroatoms. The number of nitrogens with two attached hydrogens (primary N) is 2. The number of aliphatic hydroxyl groups is 5. The number of phenolic OH excluding ortho intramolecular Hbond substituents is 1. The predicted octanol–water partition coefficient (Wildman–Crippen LogP) is 2.99. The number of benzene rings is 4. The minimum Gasteiger partial charge on any atom is -0.507 e. The van der Waals surface area contributed by atoms with E-state index in [1.54, 1.807) is 42.5 Å².